The Labute approximate surface area is 151 Å². The van der Waals surface area contributed by atoms with Gasteiger partial charge in [0, 0.05) is 16.6 Å². The number of anilines is 1. The fourth-order valence-electron chi connectivity index (χ4n) is 1.99. The molecule has 1 amide bonds. The van der Waals surface area contributed by atoms with Gasteiger partial charge in [-0.3, -0.25) is 4.79 Å². The molecule has 2 aromatic heterocycles. The van der Waals surface area contributed by atoms with Gasteiger partial charge in [0.05, 0.1) is 11.6 Å². The summed E-state index contributed by atoms with van der Waals surface area (Å²) in [6.07, 6.45) is 0. The van der Waals surface area contributed by atoms with E-state index in [9.17, 15) is 9.59 Å². The molecule has 0 aliphatic carbocycles. The van der Waals surface area contributed by atoms with Gasteiger partial charge in [-0.2, -0.15) is 21.4 Å². The molecule has 0 atom stereocenters. The standard InChI is InChI=1S/C16H12N6O3S/c17-7-11-2-1-3-13(6-11)18-14(23)9-25-15(24)8-22-20-16(19-21-22)12-4-5-26-10-12/h1-6,10H,8-9H2,(H,18,23). The van der Waals surface area contributed by atoms with Crippen LogP contribution in [0.1, 0.15) is 5.56 Å². The molecule has 0 aliphatic rings. The Morgan fingerprint density at radius 2 is 2.23 bits per heavy atom. The number of nitrogens with zero attached hydrogens (tertiary/aromatic N) is 5. The first-order chi connectivity index (χ1) is 12.6. The molecular weight excluding hydrogens is 356 g/mol. The van der Waals surface area contributed by atoms with Crippen molar-refractivity contribution in [3.05, 3.63) is 46.7 Å². The number of thiophene rings is 1. The number of carbonyl (C=O) groups is 2. The van der Waals surface area contributed by atoms with Gasteiger partial charge in [0.25, 0.3) is 5.91 Å². The van der Waals surface area contributed by atoms with E-state index in [0.29, 0.717) is 17.1 Å². The lowest BCUT2D eigenvalue weighted by Crippen LogP contribution is -2.23. The first kappa shape index (κ1) is 17.2. The fraction of sp³-hybridized carbons (Fsp3) is 0.125. The Kier molecular flexibility index (Phi) is 5.31. The van der Waals surface area contributed by atoms with Crippen LogP contribution < -0.4 is 5.32 Å². The lowest BCUT2D eigenvalue weighted by molar-refractivity contribution is -0.148. The highest BCUT2D eigenvalue weighted by molar-refractivity contribution is 7.08. The maximum absolute atomic E-state index is 11.8. The zero-order valence-electron chi connectivity index (χ0n) is 13.3. The third-order valence-corrected chi connectivity index (χ3v) is 3.83. The summed E-state index contributed by atoms with van der Waals surface area (Å²) < 4.78 is 4.89. The van der Waals surface area contributed by atoms with Crippen molar-refractivity contribution < 1.29 is 14.3 Å². The van der Waals surface area contributed by atoms with Crippen LogP contribution in [0.3, 0.4) is 0 Å². The Morgan fingerprint density at radius 3 is 3.00 bits per heavy atom. The molecular formula is C16H12N6O3S. The number of ether oxygens (including phenoxy) is 1. The van der Waals surface area contributed by atoms with Gasteiger partial charge in [0.15, 0.2) is 13.2 Å². The monoisotopic (exact) mass is 368 g/mol. The van der Waals surface area contributed by atoms with Crippen molar-refractivity contribution in [3.63, 3.8) is 0 Å². The number of rotatable bonds is 6. The number of nitriles is 1. The van der Waals surface area contributed by atoms with Gasteiger partial charge in [-0.25, -0.2) is 4.79 Å². The van der Waals surface area contributed by atoms with Crippen LogP contribution in [0.15, 0.2) is 41.1 Å². The van der Waals surface area contributed by atoms with Crippen LogP contribution in [-0.2, 0) is 20.9 Å². The van der Waals surface area contributed by atoms with Crippen molar-refractivity contribution >= 4 is 28.9 Å². The maximum Gasteiger partial charge on any atom is 0.330 e. The topological polar surface area (TPSA) is 123 Å². The summed E-state index contributed by atoms with van der Waals surface area (Å²) in [7, 11) is 0. The van der Waals surface area contributed by atoms with Gasteiger partial charge < -0.3 is 10.1 Å². The van der Waals surface area contributed by atoms with Gasteiger partial charge in [-0.05, 0) is 34.9 Å². The number of hydrogen-bond donors (Lipinski definition) is 1. The van der Waals surface area contributed by atoms with Crippen LogP contribution in [0.4, 0.5) is 5.69 Å². The molecule has 9 nitrogen and oxygen atoms in total. The van der Waals surface area contributed by atoms with Crippen LogP contribution in [0.5, 0.6) is 0 Å². The van der Waals surface area contributed by atoms with Crippen molar-refractivity contribution in [1.82, 2.24) is 20.2 Å². The summed E-state index contributed by atoms with van der Waals surface area (Å²) in [5.74, 6) is -0.770. The minimum absolute atomic E-state index is 0.256. The Hall–Kier alpha value is -3.58. The van der Waals surface area contributed by atoms with E-state index in [2.05, 4.69) is 20.7 Å². The lowest BCUT2D eigenvalue weighted by Gasteiger charge is -2.06. The lowest BCUT2D eigenvalue weighted by atomic mass is 10.2. The average Bonchev–Trinajstić information content (AvgIpc) is 3.31. The number of tetrazole rings is 1. The molecule has 1 aromatic carbocycles. The number of esters is 1. The number of hydrogen-bond acceptors (Lipinski definition) is 8. The van der Waals surface area contributed by atoms with E-state index in [1.165, 1.54) is 17.4 Å². The number of amides is 1. The third kappa shape index (κ3) is 4.49. The molecule has 0 unspecified atom stereocenters. The summed E-state index contributed by atoms with van der Waals surface area (Å²) in [5.41, 5.74) is 1.68. The highest BCUT2D eigenvalue weighted by atomic mass is 32.1. The third-order valence-electron chi connectivity index (χ3n) is 3.14. The normalized spacial score (nSPS) is 10.1. The second-order valence-electron chi connectivity index (χ2n) is 5.06. The molecule has 10 heteroatoms. The smallest absolute Gasteiger partial charge is 0.330 e. The SMILES string of the molecule is N#Cc1cccc(NC(=O)COC(=O)Cn2nnc(-c3ccsc3)n2)c1. The number of aromatic nitrogens is 4. The van der Waals surface area contributed by atoms with Crippen LogP contribution in [0.2, 0.25) is 0 Å². The first-order valence-electron chi connectivity index (χ1n) is 7.40. The van der Waals surface area contributed by atoms with Crippen molar-refractivity contribution in [1.29, 1.82) is 5.26 Å². The van der Waals surface area contributed by atoms with Crippen molar-refractivity contribution in [2.75, 3.05) is 11.9 Å². The Morgan fingerprint density at radius 1 is 1.35 bits per heavy atom. The van der Waals surface area contributed by atoms with Gasteiger partial charge in [0.1, 0.15) is 0 Å². The molecule has 0 radical (unpaired) electrons. The quantitative estimate of drug-likeness (QED) is 0.653. The molecule has 0 aliphatic heterocycles. The largest absolute Gasteiger partial charge is 0.454 e. The molecule has 130 valence electrons. The Balaban J connectivity index is 1.48. The van der Waals surface area contributed by atoms with Gasteiger partial charge in [0.2, 0.25) is 5.82 Å². The van der Waals surface area contributed by atoms with E-state index < -0.39 is 18.5 Å². The summed E-state index contributed by atoms with van der Waals surface area (Å²) in [5, 5.41) is 26.8. The van der Waals surface area contributed by atoms with Gasteiger partial charge in [-0.1, -0.05) is 6.07 Å². The Bertz CT molecular complexity index is 961. The van der Waals surface area contributed by atoms with Crippen molar-refractivity contribution in [2.24, 2.45) is 0 Å². The number of carbonyl (C=O) groups excluding carboxylic acids is 2. The second kappa shape index (κ2) is 8.00. The number of benzene rings is 1. The zero-order valence-corrected chi connectivity index (χ0v) is 14.1. The second-order valence-corrected chi connectivity index (χ2v) is 5.84. The van der Waals surface area contributed by atoms with E-state index >= 15 is 0 Å². The molecule has 0 saturated carbocycles. The molecule has 0 bridgehead atoms. The highest BCUT2D eigenvalue weighted by Crippen LogP contribution is 2.16. The van der Waals surface area contributed by atoms with E-state index in [4.69, 9.17) is 10.00 Å². The molecule has 0 spiro atoms. The first-order valence-corrected chi connectivity index (χ1v) is 8.34. The van der Waals surface area contributed by atoms with Crippen LogP contribution in [0, 0.1) is 11.3 Å². The molecule has 0 fully saturated rings. The summed E-state index contributed by atoms with van der Waals surface area (Å²) in [4.78, 5) is 24.7. The van der Waals surface area contributed by atoms with Crippen molar-refractivity contribution in [3.8, 4) is 17.5 Å². The van der Waals surface area contributed by atoms with Crippen LogP contribution in [0.25, 0.3) is 11.4 Å². The van der Waals surface area contributed by atoms with Gasteiger partial charge >= 0.3 is 5.97 Å². The van der Waals surface area contributed by atoms with E-state index in [0.717, 1.165) is 10.4 Å². The van der Waals surface area contributed by atoms with E-state index in [1.54, 1.807) is 18.2 Å². The minimum Gasteiger partial charge on any atom is -0.454 e. The van der Waals surface area contributed by atoms with Crippen LogP contribution in [-0.4, -0.2) is 38.7 Å². The fourth-order valence-corrected chi connectivity index (χ4v) is 2.62. The molecule has 26 heavy (non-hydrogen) atoms. The minimum atomic E-state index is -0.666. The summed E-state index contributed by atoms with van der Waals surface area (Å²) in [6, 6.07) is 10.2. The maximum atomic E-state index is 11.8. The zero-order chi connectivity index (χ0) is 18.4. The number of nitrogens with one attached hydrogen (secondary N) is 1. The summed E-state index contributed by atoms with van der Waals surface area (Å²) >= 11 is 1.50. The highest BCUT2D eigenvalue weighted by Gasteiger charge is 2.12. The predicted molar refractivity (Wildman–Crippen MR) is 91.9 cm³/mol. The van der Waals surface area contributed by atoms with E-state index in [1.807, 2.05) is 22.9 Å². The van der Waals surface area contributed by atoms with E-state index in [-0.39, 0.29) is 6.54 Å². The summed E-state index contributed by atoms with van der Waals surface area (Å²) in [6.45, 7) is -0.712. The molecule has 3 aromatic rings. The predicted octanol–water partition coefficient (Wildman–Crippen LogP) is 1.46. The molecule has 0 saturated heterocycles. The molecule has 1 N–H and O–H groups in total. The van der Waals surface area contributed by atoms with Crippen LogP contribution >= 0.6 is 11.3 Å². The molecule has 2 heterocycles. The van der Waals surface area contributed by atoms with Gasteiger partial charge in [-0.15, -0.1) is 10.2 Å². The average molecular weight is 368 g/mol. The molecule has 3 rings (SSSR count). The van der Waals surface area contributed by atoms with Crippen molar-refractivity contribution in [2.45, 2.75) is 6.54 Å².